The maximum atomic E-state index is 12.6. The van der Waals surface area contributed by atoms with Crippen molar-refractivity contribution in [3.8, 4) is 5.75 Å². The van der Waals surface area contributed by atoms with Crippen LogP contribution in [0.15, 0.2) is 30.9 Å². The third-order valence-corrected chi connectivity index (χ3v) is 5.09. The van der Waals surface area contributed by atoms with Crippen molar-refractivity contribution < 1.29 is 35.7 Å². The van der Waals surface area contributed by atoms with Crippen LogP contribution in [0.2, 0.25) is 0 Å². The Labute approximate surface area is 136 Å². The number of carboxylic acids is 1. The fourth-order valence-corrected chi connectivity index (χ4v) is 3.42. The van der Waals surface area contributed by atoms with E-state index in [2.05, 4.69) is 10.8 Å². The van der Waals surface area contributed by atoms with Gasteiger partial charge < -0.3 is 14.1 Å². The largest absolute Gasteiger partial charge is 0.545 e. The normalized spacial score (nSPS) is 17.5. The Balaban J connectivity index is 2.68. The Morgan fingerprint density at radius 1 is 1.29 bits per heavy atom. The minimum Gasteiger partial charge on any atom is -0.545 e. The summed E-state index contributed by atoms with van der Waals surface area (Å²) in [6.07, 6.45) is 3.96. The van der Waals surface area contributed by atoms with Crippen LogP contribution in [0.25, 0.3) is 0 Å². The van der Waals surface area contributed by atoms with Crippen molar-refractivity contribution in [2.75, 3.05) is 0 Å². The fraction of sp³-hybridized carbons (Fsp3) is 0.400. The third-order valence-electron chi connectivity index (χ3n) is 4.13. The van der Waals surface area contributed by atoms with Gasteiger partial charge in [-0.05, 0) is 18.9 Å². The first kappa shape index (κ1) is 18.3. The van der Waals surface area contributed by atoms with Gasteiger partial charge in [0.1, 0.15) is 0 Å². The molecular weight excluding hydrogens is 349 g/mol. The number of halogens is 3. The number of carbonyl (C=O) groups is 1. The number of rotatable bonds is 5. The number of benzene rings is 1. The van der Waals surface area contributed by atoms with Crippen molar-refractivity contribution >= 4 is 16.1 Å². The second kappa shape index (κ2) is 6.12. The Morgan fingerprint density at radius 3 is 2.33 bits per heavy atom. The lowest BCUT2D eigenvalue weighted by atomic mass is 9.78. The first-order valence-corrected chi connectivity index (χ1v) is 8.44. The molecule has 0 atom stereocenters. The van der Waals surface area contributed by atoms with Crippen LogP contribution in [0.5, 0.6) is 5.75 Å². The lowest BCUT2D eigenvalue weighted by molar-refractivity contribution is -0.255. The number of carbonyl (C=O) groups excluding carboxylic acids is 1. The minimum absolute atomic E-state index is 0.0459. The van der Waals surface area contributed by atoms with Gasteiger partial charge in [-0.25, -0.2) is 0 Å². The summed E-state index contributed by atoms with van der Waals surface area (Å²) in [4.78, 5) is 11.2. The highest BCUT2D eigenvalue weighted by atomic mass is 32.2. The quantitative estimate of drug-likeness (QED) is 0.455. The van der Waals surface area contributed by atoms with Crippen molar-refractivity contribution in [2.45, 2.75) is 36.6 Å². The van der Waals surface area contributed by atoms with E-state index >= 15 is 0 Å². The number of para-hydroxylation sites is 1. The number of hydrogen-bond acceptors (Lipinski definition) is 5. The van der Waals surface area contributed by atoms with E-state index in [1.165, 1.54) is 18.2 Å². The summed E-state index contributed by atoms with van der Waals surface area (Å²) in [5, 5.41) is 11.2. The smallest absolute Gasteiger partial charge is 0.534 e. The molecule has 0 saturated heterocycles. The maximum Gasteiger partial charge on any atom is 0.534 e. The molecule has 0 heterocycles. The molecule has 0 radical (unpaired) electrons. The monoisotopic (exact) mass is 363 g/mol. The highest BCUT2D eigenvalue weighted by Crippen LogP contribution is 2.47. The SMILES string of the molecule is C=CC1(c2cccc(C(=O)[O-])c2OS(=O)(=O)C(F)(F)F)CCCC1. The van der Waals surface area contributed by atoms with E-state index in [9.17, 15) is 31.5 Å². The summed E-state index contributed by atoms with van der Waals surface area (Å²) in [7, 11) is -6.02. The Kier molecular flexibility index (Phi) is 4.67. The molecule has 1 aromatic rings. The summed E-state index contributed by atoms with van der Waals surface area (Å²) < 4.78 is 64.9. The predicted molar refractivity (Wildman–Crippen MR) is 76.7 cm³/mol. The van der Waals surface area contributed by atoms with Crippen molar-refractivity contribution in [3.05, 3.63) is 42.0 Å². The molecule has 0 amide bonds. The summed E-state index contributed by atoms with van der Waals surface area (Å²) in [6.45, 7) is 3.66. The molecule has 1 aliphatic rings. The first-order valence-electron chi connectivity index (χ1n) is 7.03. The molecule has 2 rings (SSSR count). The first-order chi connectivity index (χ1) is 11.0. The van der Waals surface area contributed by atoms with Gasteiger partial charge in [-0.2, -0.15) is 21.6 Å². The zero-order chi connectivity index (χ0) is 18.2. The van der Waals surface area contributed by atoms with Gasteiger partial charge in [-0.1, -0.05) is 31.1 Å². The van der Waals surface area contributed by atoms with E-state index in [4.69, 9.17) is 0 Å². The van der Waals surface area contributed by atoms with E-state index in [0.717, 1.165) is 18.9 Å². The Bertz CT molecular complexity index is 762. The number of hydrogen-bond donors (Lipinski definition) is 0. The highest BCUT2D eigenvalue weighted by molar-refractivity contribution is 7.88. The number of alkyl halides is 3. The summed E-state index contributed by atoms with van der Waals surface area (Å²) in [6, 6.07) is 3.59. The lowest BCUT2D eigenvalue weighted by Crippen LogP contribution is -2.32. The van der Waals surface area contributed by atoms with Crippen molar-refractivity contribution in [3.63, 3.8) is 0 Å². The second-order valence-electron chi connectivity index (χ2n) is 5.52. The maximum absolute atomic E-state index is 12.6. The van der Waals surface area contributed by atoms with Gasteiger partial charge in [0.05, 0.1) is 5.97 Å². The molecule has 9 heteroatoms. The number of allylic oxidation sites excluding steroid dienone is 1. The van der Waals surface area contributed by atoms with Gasteiger partial charge in [0, 0.05) is 16.5 Å². The fourth-order valence-electron chi connectivity index (χ4n) is 2.93. The standard InChI is InChI=1S/C15H15F3O5S/c1-2-14(8-3-4-9-14)11-7-5-6-10(13(19)20)12(11)23-24(21,22)15(16,17)18/h2,5-7H,1,3-4,8-9H2,(H,19,20)/p-1. The van der Waals surface area contributed by atoms with Gasteiger partial charge in [0.25, 0.3) is 0 Å². The molecule has 24 heavy (non-hydrogen) atoms. The van der Waals surface area contributed by atoms with E-state index in [-0.39, 0.29) is 5.56 Å². The zero-order valence-corrected chi connectivity index (χ0v) is 13.2. The summed E-state index contributed by atoms with van der Waals surface area (Å²) >= 11 is 0. The van der Waals surface area contributed by atoms with Crippen LogP contribution in [0.1, 0.15) is 41.6 Å². The minimum atomic E-state index is -6.02. The highest BCUT2D eigenvalue weighted by Gasteiger charge is 2.49. The second-order valence-corrected chi connectivity index (χ2v) is 7.06. The van der Waals surface area contributed by atoms with E-state index < -0.39 is 38.3 Å². The molecule has 0 aliphatic heterocycles. The van der Waals surface area contributed by atoms with Crippen molar-refractivity contribution in [1.82, 2.24) is 0 Å². The molecule has 1 aliphatic carbocycles. The van der Waals surface area contributed by atoms with Gasteiger partial charge >= 0.3 is 15.6 Å². The molecule has 1 fully saturated rings. The van der Waals surface area contributed by atoms with Gasteiger partial charge in [-0.15, -0.1) is 6.58 Å². The van der Waals surface area contributed by atoms with Crippen LogP contribution >= 0.6 is 0 Å². The molecule has 132 valence electrons. The van der Waals surface area contributed by atoms with Crippen molar-refractivity contribution in [2.24, 2.45) is 0 Å². The molecule has 0 bridgehead atoms. The molecule has 0 spiro atoms. The van der Waals surface area contributed by atoms with Crippen molar-refractivity contribution in [1.29, 1.82) is 0 Å². The molecule has 0 aromatic heterocycles. The van der Waals surface area contributed by atoms with Gasteiger partial charge in [0.15, 0.2) is 5.75 Å². The summed E-state index contributed by atoms with van der Waals surface area (Å²) in [5.74, 6) is -2.70. The lowest BCUT2D eigenvalue weighted by Gasteiger charge is -2.29. The van der Waals surface area contributed by atoms with Crippen LogP contribution in [-0.4, -0.2) is 19.9 Å². The Morgan fingerprint density at radius 2 is 1.88 bits per heavy atom. The van der Waals surface area contributed by atoms with Crippen LogP contribution < -0.4 is 9.29 Å². The van der Waals surface area contributed by atoms with Crippen LogP contribution in [-0.2, 0) is 15.5 Å². The molecule has 1 aromatic carbocycles. The van der Waals surface area contributed by atoms with Crippen LogP contribution in [0.3, 0.4) is 0 Å². The van der Waals surface area contributed by atoms with Gasteiger partial charge in [0.2, 0.25) is 0 Å². The predicted octanol–water partition coefficient (Wildman–Crippen LogP) is 2.28. The molecular formula is C15H14F3O5S-. The summed E-state index contributed by atoms with van der Waals surface area (Å²) in [5.41, 5.74) is -7.24. The number of carboxylic acid groups (broad SMARTS) is 1. The average Bonchev–Trinajstić information content (AvgIpc) is 2.95. The van der Waals surface area contributed by atoms with Gasteiger partial charge in [-0.3, -0.25) is 0 Å². The van der Waals surface area contributed by atoms with Crippen LogP contribution in [0, 0.1) is 0 Å². The van der Waals surface area contributed by atoms with Crippen LogP contribution in [0.4, 0.5) is 13.2 Å². The van der Waals surface area contributed by atoms with E-state index in [0.29, 0.717) is 12.8 Å². The van der Waals surface area contributed by atoms with E-state index in [1.807, 2.05) is 0 Å². The number of aromatic carboxylic acids is 1. The third kappa shape index (κ3) is 3.12. The average molecular weight is 363 g/mol. The molecule has 5 nitrogen and oxygen atoms in total. The zero-order valence-electron chi connectivity index (χ0n) is 12.4. The molecule has 0 N–H and O–H groups in total. The van der Waals surface area contributed by atoms with E-state index in [1.54, 1.807) is 0 Å². The molecule has 0 unspecified atom stereocenters. The topological polar surface area (TPSA) is 83.5 Å². The Hall–Kier alpha value is -2.03. The molecule has 1 saturated carbocycles.